The number of aromatic hydroxyl groups is 1. The van der Waals surface area contributed by atoms with E-state index in [1.165, 1.54) is 34.7 Å². The fraction of sp³-hybridized carbons (Fsp3) is 0.545. The van der Waals surface area contributed by atoms with Gasteiger partial charge in [0.15, 0.2) is 5.84 Å². The first-order valence-electron chi connectivity index (χ1n) is 11.1. The zero-order chi connectivity index (χ0) is 26.6. The van der Waals surface area contributed by atoms with Gasteiger partial charge in [-0.15, -0.1) is 0 Å². The molecule has 0 fully saturated rings. The van der Waals surface area contributed by atoms with Gasteiger partial charge in [0.05, 0.1) is 22.8 Å². The van der Waals surface area contributed by atoms with Gasteiger partial charge in [0.1, 0.15) is 5.56 Å². The second-order valence-electron chi connectivity index (χ2n) is 10.8. The molecule has 0 radical (unpaired) electrons. The second-order valence-corrected chi connectivity index (χ2v) is 14.6. The van der Waals surface area contributed by atoms with Crippen molar-refractivity contribution in [1.82, 2.24) is 9.36 Å². The van der Waals surface area contributed by atoms with Gasteiger partial charge in [-0.05, 0) is 50.8 Å². The van der Waals surface area contributed by atoms with Crippen molar-refractivity contribution in [3.63, 3.8) is 0 Å². The van der Waals surface area contributed by atoms with Crippen molar-refractivity contribution in [3.8, 4) is 5.88 Å². The second kappa shape index (κ2) is 8.83. The number of benzene rings is 1. The van der Waals surface area contributed by atoms with Crippen LogP contribution in [0.3, 0.4) is 0 Å². The molecule has 0 saturated carbocycles. The molecule has 0 bridgehead atoms. The molecule has 3 N–H and O–H groups in total. The summed E-state index contributed by atoms with van der Waals surface area (Å²) in [6.07, 6.45) is 1.70. The number of anilines is 2. The Hall–Kier alpha value is -2.56. The maximum absolute atomic E-state index is 13.7. The number of nitrogens with zero attached hydrogens (tertiary/aromatic N) is 3. The summed E-state index contributed by atoms with van der Waals surface area (Å²) in [6, 6.07) is 4.37. The third kappa shape index (κ3) is 5.65. The number of aromatic nitrogens is 2. The van der Waals surface area contributed by atoms with Crippen molar-refractivity contribution in [3.05, 3.63) is 34.1 Å². The SMILES string of the molecule is COP1(=O)N=C(c2c(O)n(CCC(C)(C)C)n(C(C)(C)C)c2=O)Nc2ccc(NS(C)(=O)=O)cc21. The van der Waals surface area contributed by atoms with Crippen LogP contribution in [0.1, 0.15) is 53.5 Å². The Morgan fingerprint density at radius 3 is 2.34 bits per heavy atom. The van der Waals surface area contributed by atoms with Gasteiger partial charge < -0.3 is 14.9 Å². The number of sulfonamides is 1. The predicted octanol–water partition coefficient (Wildman–Crippen LogP) is 3.26. The molecule has 1 aromatic carbocycles. The molecule has 1 aromatic heterocycles. The lowest BCUT2D eigenvalue weighted by Gasteiger charge is -2.26. The summed E-state index contributed by atoms with van der Waals surface area (Å²) >= 11 is 0. The van der Waals surface area contributed by atoms with Crippen LogP contribution >= 0.6 is 7.52 Å². The Bertz CT molecular complexity index is 1390. The summed E-state index contributed by atoms with van der Waals surface area (Å²) in [5.74, 6) is -0.372. The van der Waals surface area contributed by atoms with E-state index in [-0.39, 0.29) is 33.7 Å². The number of rotatable bonds is 6. The zero-order valence-electron chi connectivity index (χ0n) is 21.3. The van der Waals surface area contributed by atoms with Gasteiger partial charge in [-0.1, -0.05) is 20.8 Å². The number of hydrogen-bond donors (Lipinski definition) is 3. The molecule has 1 atom stereocenters. The maximum Gasteiger partial charge on any atom is 0.348 e. The molecule has 2 aromatic rings. The van der Waals surface area contributed by atoms with Crippen LogP contribution < -0.4 is 20.9 Å². The number of amidine groups is 1. The number of fused-ring (bicyclic) bond motifs is 1. The Kier molecular flexibility index (Phi) is 6.82. The van der Waals surface area contributed by atoms with Gasteiger partial charge in [0.2, 0.25) is 15.9 Å². The molecule has 2 heterocycles. The third-order valence-electron chi connectivity index (χ3n) is 5.40. The highest BCUT2D eigenvalue weighted by atomic mass is 32.2. The molecule has 0 spiro atoms. The highest BCUT2D eigenvalue weighted by molar-refractivity contribution is 7.92. The summed E-state index contributed by atoms with van der Waals surface area (Å²) in [5, 5.41) is 14.3. The molecule has 35 heavy (non-hydrogen) atoms. The molecule has 0 aliphatic carbocycles. The number of nitrogens with one attached hydrogen (secondary N) is 2. The van der Waals surface area contributed by atoms with Crippen LogP contribution in [-0.2, 0) is 31.2 Å². The van der Waals surface area contributed by atoms with E-state index in [1.54, 1.807) is 0 Å². The van der Waals surface area contributed by atoms with Crippen molar-refractivity contribution in [2.45, 2.75) is 60.0 Å². The Morgan fingerprint density at radius 1 is 1.20 bits per heavy atom. The number of hydrogen-bond acceptors (Lipinski definition) is 7. The molecular formula is C22H34N5O6PS. The Labute approximate surface area is 205 Å². The van der Waals surface area contributed by atoms with E-state index >= 15 is 0 Å². The first kappa shape index (κ1) is 27.0. The molecule has 1 aliphatic heterocycles. The largest absolute Gasteiger partial charge is 0.493 e. The quantitative estimate of drug-likeness (QED) is 0.489. The van der Waals surface area contributed by atoms with E-state index in [9.17, 15) is 22.9 Å². The third-order valence-corrected chi connectivity index (χ3v) is 7.94. The molecule has 13 heteroatoms. The molecule has 1 aliphatic rings. The molecule has 11 nitrogen and oxygen atoms in total. The van der Waals surface area contributed by atoms with Crippen molar-refractivity contribution < 1.29 is 22.6 Å². The predicted molar refractivity (Wildman–Crippen MR) is 139 cm³/mol. The molecule has 3 rings (SSSR count). The summed E-state index contributed by atoms with van der Waals surface area (Å²) in [7, 11) is -6.25. The minimum absolute atomic E-state index is 0.0430. The van der Waals surface area contributed by atoms with Crippen LogP contribution in [0.4, 0.5) is 11.4 Å². The van der Waals surface area contributed by atoms with Crippen molar-refractivity contribution in [2.24, 2.45) is 10.2 Å². The summed E-state index contributed by atoms with van der Waals surface area (Å²) < 4.78 is 51.7. The Morgan fingerprint density at radius 2 is 1.83 bits per heavy atom. The molecular weight excluding hydrogens is 493 g/mol. The summed E-state index contributed by atoms with van der Waals surface area (Å²) in [5.41, 5.74) is -0.794. The van der Waals surface area contributed by atoms with E-state index in [0.29, 0.717) is 18.7 Å². The first-order valence-corrected chi connectivity index (χ1v) is 14.5. The standard InChI is InChI=1S/C22H34N5O6PS/c1-21(2,3)11-12-26-19(28)17(20(29)27(26)22(4,5)6)18-23-15-10-9-14(25-35(8,31)32)13-16(15)34(30,24-18)33-7/h9-10,13,25,28H,11-12H2,1-8H3,(H,23,24,30). The van der Waals surface area contributed by atoms with E-state index in [1.807, 2.05) is 20.8 Å². The minimum Gasteiger partial charge on any atom is -0.493 e. The van der Waals surface area contributed by atoms with Gasteiger partial charge in [0.25, 0.3) is 5.56 Å². The van der Waals surface area contributed by atoms with E-state index < -0.39 is 28.6 Å². The van der Waals surface area contributed by atoms with Crippen LogP contribution in [0, 0.1) is 5.41 Å². The lowest BCUT2D eigenvalue weighted by Crippen LogP contribution is -2.39. The van der Waals surface area contributed by atoms with E-state index in [2.05, 4.69) is 35.6 Å². The average molecular weight is 528 g/mol. The average Bonchev–Trinajstić information content (AvgIpc) is 2.94. The van der Waals surface area contributed by atoms with Crippen molar-refractivity contribution in [1.29, 1.82) is 0 Å². The molecule has 0 amide bonds. The fourth-order valence-corrected chi connectivity index (χ4v) is 5.89. The maximum atomic E-state index is 13.7. The van der Waals surface area contributed by atoms with Crippen LogP contribution in [0.5, 0.6) is 5.88 Å². The first-order chi connectivity index (χ1) is 15.9. The fourth-order valence-electron chi connectivity index (χ4n) is 3.79. The highest BCUT2D eigenvalue weighted by Gasteiger charge is 2.37. The van der Waals surface area contributed by atoms with Crippen molar-refractivity contribution in [2.75, 3.05) is 23.4 Å². The smallest absolute Gasteiger partial charge is 0.348 e. The minimum atomic E-state index is -3.90. The van der Waals surface area contributed by atoms with Crippen LogP contribution in [0.15, 0.2) is 27.8 Å². The zero-order valence-corrected chi connectivity index (χ0v) is 23.0. The van der Waals surface area contributed by atoms with Gasteiger partial charge in [-0.3, -0.25) is 18.8 Å². The lowest BCUT2D eigenvalue weighted by molar-refractivity contribution is 0.234. The van der Waals surface area contributed by atoms with Crippen molar-refractivity contribution >= 4 is 40.1 Å². The van der Waals surface area contributed by atoms with E-state index in [0.717, 1.165) is 6.26 Å². The van der Waals surface area contributed by atoms with Gasteiger partial charge in [0, 0.05) is 19.3 Å². The summed E-state index contributed by atoms with van der Waals surface area (Å²) in [6.45, 7) is 12.2. The summed E-state index contributed by atoms with van der Waals surface area (Å²) in [4.78, 5) is 13.6. The van der Waals surface area contributed by atoms with E-state index in [4.69, 9.17) is 4.52 Å². The highest BCUT2D eigenvalue weighted by Crippen LogP contribution is 2.51. The van der Waals surface area contributed by atoms with Crippen LogP contribution in [0.25, 0.3) is 0 Å². The molecule has 1 unspecified atom stereocenters. The monoisotopic (exact) mass is 527 g/mol. The Balaban J connectivity index is 2.18. The van der Waals surface area contributed by atoms with Gasteiger partial charge >= 0.3 is 7.52 Å². The molecule has 0 saturated heterocycles. The molecule has 194 valence electrons. The van der Waals surface area contributed by atoms with Crippen LogP contribution in [-0.4, -0.2) is 42.1 Å². The van der Waals surface area contributed by atoms with Gasteiger partial charge in [-0.2, -0.15) is 4.76 Å². The van der Waals surface area contributed by atoms with Crippen LogP contribution in [0.2, 0.25) is 0 Å². The lowest BCUT2D eigenvalue weighted by atomic mass is 9.92. The topological polar surface area (TPSA) is 144 Å². The normalized spacial score (nSPS) is 18.6. The van der Waals surface area contributed by atoms with Gasteiger partial charge in [-0.25, -0.2) is 13.1 Å².